The summed E-state index contributed by atoms with van der Waals surface area (Å²) in [7, 11) is 0. The number of nitrogens with zero attached hydrogens (tertiary/aromatic N) is 1. The minimum Gasteiger partial charge on any atom is -0.504 e. The number of ketones is 1. The van der Waals surface area contributed by atoms with Crippen LogP contribution in [0.3, 0.4) is 0 Å². The summed E-state index contributed by atoms with van der Waals surface area (Å²) in [5.74, 6) is 1.39. The predicted octanol–water partition coefficient (Wildman–Crippen LogP) is 1.53. The van der Waals surface area contributed by atoms with Gasteiger partial charge in [0.1, 0.15) is 0 Å². The topological polar surface area (TPSA) is 70.0 Å². The molecule has 25 heavy (non-hydrogen) atoms. The fourth-order valence-electron chi connectivity index (χ4n) is 6.26. The first kappa shape index (κ1) is 14.6. The second-order valence-corrected chi connectivity index (χ2v) is 8.72. The van der Waals surface area contributed by atoms with Gasteiger partial charge in [-0.1, -0.05) is 6.07 Å². The number of ether oxygens (including phenoxy) is 1. The molecule has 0 aromatic heterocycles. The lowest BCUT2D eigenvalue weighted by Gasteiger charge is -2.62. The van der Waals surface area contributed by atoms with Crippen LogP contribution in [-0.4, -0.2) is 51.7 Å². The molecule has 1 saturated heterocycles. The quantitative estimate of drug-likeness (QED) is 0.854. The highest BCUT2D eigenvalue weighted by atomic mass is 16.5. The zero-order valence-corrected chi connectivity index (χ0v) is 14.2. The number of hydrogen-bond acceptors (Lipinski definition) is 5. The molecule has 2 heterocycles. The molecular weight excluding hydrogens is 318 g/mol. The van der Waals surface area contributed by atoms with Gasteiger partial charge >= 0.3 is 0 Å². The van der Waals surface area contributed by atoms with Crippen LogP contribution in [0.4, 0.5) is 0 Å². The van der Waals surface area contributed by atoms with Crippen molar-refractivity contribution in [2.75, 3.05) is 13.1 Å². The number of likely N-dealkylation sites (tertiary alicyclic amines) is 1. The molecule has 3 fully saturated rings. The fourth-order valence-corrected chi connectivity index (χ4v) is 6.26. The molecular formula is C20H23NO4. The van der Waals surface area contributed by atoms with Gasteiger partial charge in [0.25, 0.3) is 0 Å². The van der Waals surface area contributed by atoms with Gasteiger partial charge in [-0.25, -0.2) is 0 Å². The normalized spacial score (nSPS) is 41.4. The Morgan fingerprint density at radius 3 is 2.92 bits per heavy atom. The van der Waals surface area contributed by atoms with E-state index in [4.69, 9.17) is 4.74 Å². The molecule has 4 atom stereocenters. The predicted molar refractivity (Wildman–Crippen MR) is 89.8 cm³/mol. The van der Waals surface area contributed by atoms with Gasteiger partial charge < -0.3 is 14.9 Å². The SMILES string of the molecule is O=C1CC[C@@]2(O)C3Cc4ccc(O)c5c4C2(CCN3CC2CC2)C1O5. The molecule has 3 unspecified atom stereocenters. The Hall–Kier alpha value is -1.59. The van der Waals surface area contributed by atoms with E-state index < -0.39 is 17.1 Å². The van der Waals surface area contributed by atoms with Crippen LogP contribution in [0.1, 0.15) is 43.2 Å². The first-order valence-electron chi connectivity index (χ1n) is 9.56. The summed E-state index contributed by atoms with van der Waals surface area (Å²) in [6.07, 6.45) is 4.33. The van der Waals surface area contributed by atoms with Crippen molar-refractivity contribution in [1.82, 2.24) is 4.90 Å². The summed E-state index contributed by atoms with van der Waals surface area (Å²) in [5.41, 5.74) is 0.454. The monoisotopic (exact) mass is 341 g/mol. The van der Waals surface area contributed by atoms with E-state index in [1.54, 1.807) is 6.07 Å². The third kappa shape index (κ3) is 1.56. The van der Waals surface area contributed by atoms with E-state index >= 15 is 0 Å². The number of carbonyl (C=O) groups excluding carboxylic acids is 1. The number of aromatic hydroxyl groups is 1. The second-order valence-electron chi connectivity index (χ2n) is 8.72. The van der Waals surface area contributed by atoms with Gasteiger partial charge in [0.05, 0.1) is 11.0 Å². The molecule has 5 aliphatic rings. The maximum absolute atomic E-state index is 12.7. The van der Waals surface area contributed by atoms with Crippen molar-refractivity contribution in [3.8, 4) is 11.5 Å². The number of benzene rings is 1. The Morgan fingerprint density at radius 1 is 1.28 bits per heavy atom. The van der Waals surface area contributed by atoms with Crippen molar-refractivity contribution in [2.45, 2.75) is 61.7 Å². The van der Waals surface area contributed by atoms with Crippen LogP contribution in [0.5, 0.6) is 11.5 Å². The van der Waals surface area contributed by atoms with Gasteiger partial charge in [0, 0.05) is 24.6 Å². The summed E-state index contributed by atoms with van der Waals surface area (Å²) in [5, 5.41) is 22.3. The van der Waals surface area contributed by atoms with Crippen molar-refractivity contribution in [3.63, 3.8) is 0 Å². The van der Waals surface area contributed by atoms with Crippen LogP contribution in [0.2, 0.25) is 0 Å². The first-order chi connectivity index (χ1) is 12.0. The average molecular weight is 341 g/mol. The van der Waals surface area contributed by atoms with Crippen LogP contribution in [0, 0.1) is 5.92 Å². The second kappa shape index (κ2) is 4.38. The first-order valence-corrected chi connectivity index (χ1v) is 9.56. The van der Waals surface area contributed by atoms with Crippen LogP contribution in [-0.2, 0) is 16.6 Å². The number of phenols is 1. The van der Waals surface area contributed by atoms with E-state index in [9.17, 15) is 15.0 Å². The molecule has 5 heteroatoms. The van der Waals surface area contributed by atoms with E-state index in [0.29, 0.717) is 18.6 Å². The number of phenolic OH excluding ortho intramolecular Hbond substituents is 1. The van der Waals surface area contributed by atoms with Gasteiger partial charge in [0.15, 0.2) is 23.4 Å². The molecule has 1 spiro atoms. The van der Waals surface area contributed by atoms with Crippen molar-refractivity contribution in [2.24, 2.45) is 5.92 Å². The Balaban J connectivity index is 1.58. The lowest BCUT2D eigenvalue weighted by Crippen LogP contribution is -2.76. The summed E-state index contributed by atoms with van der Waals surface area (Å²) >= 11 is 0. The average Bonchev–Trinajstić information content (AvgIpc) is 3.32. The zero-order valence-electron chi connectivity index (χ0n) is 14.2. The summed E-state index contributed by atoms with van der Waals surface area (Å²) < 4.78 is 6.04. The van der Waals surface area contributed by atoms with E-state index in [0.717, 1.165) is 43.0 Å². The molecule has 2 N–H and O–H groups in total. The molecule has 2 aliphatic heterocycles. The number of hydrogen-bond donors (Lipinski definition) is 2. The van der Waals surface area contributed by atoms with Gasteiger partial charge in [0.2, 0.25) is 0 Å². The highest BCUT2D eigenvalue weighted by Gasteiger charge is 2.73. The highest BCUT2D eigenvalue weighted by Crippen LogP contribution is 2.64. The van der Waals surface area contributed by atoms with Crippen molar-refractivity contribution in [1.29, 1.82) is 0 Å². The Labute approximate surface area is 146 Å². The van der Waals surface area contributed by atoms with Gasteiger partial charge in [-0.15, -0.1) is 0 Å². The molecule has 132 valence electrons. The third-order valence-electron chi connectivity index (χ3n) is 7.56. The molecule has 2 saturated carbocycles. The molecule has 3 aliphatic carbocycles. The number of piperidine rings is 1. The lowest BCUT2D eigenvalue weighted by atomic mass is 9.49. The zero-order chi connectivity index (χ0) is 17.0. The number of rotatable bonds is 2. The highest BCUT2D eigenvalue weighted by molar-refractivity contribution is 5.90. The summed E-state index contributed by atoms with van der Waals surface area (Å²) in [6, 6.07) is 3.69. The lowest BCUT2D eigenvalue weighted by molar-refractivity contribution is -0.188. The number of aliphatic hydroxyl groups is 1. The van der Waals surface area contributed by atoms with E-state index in [2.05, 4.69) is 4.90 Å². The fraction of sp³-hybridized carbons (Fsp3) is 0.650. The van der Waals surface area contributed by atoms with Crippen molar-refractivity contribution >= 4 is 5.78 Å². The molecule has 5 nitrogen and oxygen atoms in total. The Morgan fingerprint density at radius 2 is 2.12 bits per heavy atom. The van der Waals surface area contributed by atoms with Crippen LogP contribution in [0.25, 0.3) is 0 Å². The van der Waals surface area contributed by atoms with Crippen molar-refractivity contribution < 1.29 is 19.7 Å². The van der Waals surface area contributed by atoms with Crippen LogP contribution >= 0.6 is 0 Å². The van der Waals surface area contributed by atoms with Crippen LogP contribution in [0.15, 0.2) is 12.1 Å². The van der Waals surface area contributed by atoms with E-state index in [1.807, 2.05) is 6.07 Å². The maximum atomic E-state index is 12.7. The minimum absolute atomic E-state index is 0.0454. The van der Waals surface area contributed by atoms with Crippen molar-refractivity contribution in [3.05, 3.63) is 23.3 Å². The standard InChI is InChI=1S/C20H23NO4/c22-13-4-3-12-9-15-20(24)6-5-14(23)18-19(20,16(12)17(13)25-18)7-8-21(15)10-11-1-2-11/h3-4,11,15,18,22,24H,1-2,5-10H2/t15?,18?,19?,20-/m1/s1. The summed E-state index contributed by atoms with van der Waals surface area (Å²) in [4.78, 5) is 15.2. The Bertz CT molecular complexity index is 803. The van der Waals surface area contributed by atoms with Gasteiger partial charge in [-0.3, -0.25) is 9.69 Å². The summed E-state index contributed by atoms with van der Waals surface area (Å²) in [6.45, 7) is 1.95. The largest absolute Gasteiger partial charge is 0.504 e. The number of carbonyl (C=O) groups is 1. The molecule has 1 aromatic rings. The maximum Gasteiger partial charge on any atom is 0.174 e. The van der Waals surface area contributed by atoms with Gasteiger partial charge in [-0.05, 0) is 56.2 Å². The third-order valence-corrected chi connectivity index (χ3v) is 7.56. The van der Waals surface area contributed by atoms with E-state index in [1.165, 1.54) is 12.8 Å². The number of Topliss-reactive ketones (excluding diaryl/α,β-unsaturated/α-hetero) is 1. The molecule has 1 aromatic carbocycles. The smallest absolute Gasteiger partial charge is 0.174 e. The minimum atomic E-state index is -0.940. The van der Waals surface area contributed by atoms with Crippen LogP contribution < -0.4 is 4.74 Å². The van der Waals surface area contributed by atoms with E-state index in [-0.39, 0.29) is 17.6 Å². The Kier molecular flexibility index (Phi) is 2.55. The molecule has 2 bridgehead atoms. The molecule has 0 radical (unpaired) electrons. The van der Waals surface area contributed by atoms with Gasteiger partial charge in [-0.2, -0.15) is 0 Å². The molecule has 0 amide bonds. The molecule has 6 rings (SSSR count).